The van der Waals surface area contributed by atoms with Gasteiger partial charge in [0.05, 0.1) is 18.3 Å². The maximum Gasteiger partial charge on any atom is 0.129 e. The number of hydrogen-bond donors (Lipinski definition) is 0. The summed E-state index contributed by atoms with van der Waals surface area (Å²) in [7, 11) is 3.85. The fraction of sp³-hybridized carbons (Fsp3) is 0.348. The molecule has 0 amide bonds. The summed E-state index contributed by atoms with van der Waals surface area (Å²) in [6.45, 7) is 10.8. The molecule has 0 spiro atoms. The summed E-state index contributed by atoms with van der Waals surface area (Å²) in [6, 6.07) is 10.6. The molecule has 0 atom stereocenters. The van der Waals surface area contributed by atoms with Crippen molar-refractivity contribution in [1.29, 1.82) is 0 Å². The Kier molecular flexibility index (Phi) is 4.66. The number of aliphatic imine (C=N–C) groups is 1. The van der Waals surface area contributed by atoms with Gasteiger partial charge in [0.15, 0.2) is 0 Å². The van der Waals surface area contributed by atoms with Crippen molar-refractivity contribution in [2.45, 2.75) is 40.2 Å². The van der Waals surface area contributed by atoms with Crippen LogP contribution in [0.15, 0.2) is 41.4 Å². The van der Waals surface area contributed by atoms with Crippen LogP contribution in [-0.4, -0.2) is 25.9 Å². The van der Waals surface area contributed by atoms with Crippen molar-refractivity contribution in [2.75, 3.05) is 19.1 Å². The number of ether oxygens (including phenoxy) is 1. The van der Waals surface area contributed by atoms with Crippen LogP contribution in [0.5, 0.6) is 5.75 Å². The largest absolute Gasteiger partial charge is 0.496 e. The Morgan fingerprint density at radius 2 is 1.81 bits per heavy atom. The lowest BCUT2D eigenvalue weighted by Crippen LogP contribution is -2.42. The highest BCUT2D eigenvalue weighted by Gasteiger charge is 2.29. The minimum atomic E-state index is -0.0175. The number of aryl methyl sites for hydroxylation is 2. The van der Waals surface area contributed by atoms with E-state index in [2.05, 4.69) is 83.0 Å². The van der Waals surface area contributed by atoms with Crippen LogP contribution in [0.25, 0.3) is 5.57 Å². The zero-order chi connectivity index (χ0) is 19.1. The van der Waals surface area contributed by atoms with Crippen LogP contribution in [0.3, 0.4) is 0 Å². The molecule has 3 rings (SSSR count). The Hall–Kier alpha value is -2.55. The first-order valence-electron chi connectivity index (χ1n) is 9.00. The monoisotopic (exact) mass is 348 g/mol. The molecule has 0 aromatic heterocycles. The van der Waals surface area contributed by atoms with Crippen LogP contribution in [0.2, 0.25) is 0 Å². The zero-order valence-electron chi connectivity index (χ0n) is 16.8. The van der Waals surface area contributed by atoms with Crippen LogP contribution in [0.1, 0.15) is 43.0 Å². The molecule has 0 bridgehead atoms. The molecule has 0 N–H and O–H groups in total. The number of benzene rings is 2. The van der Waals surface area contributed by atoms with Crippen LogP contribution >= 0.6 is 0 Å². The molecule has 3 nitrogen and oxygen atoms in total. The predicted octanol–water partition coefficient (Wildman–Crippen LogP) is 5.69. The Morgan fingerprint density at radius 1 is 1.08 bits per heavy atom. The van der Waals surface area contributed by atoms with E-state index in [4.69, 9.17) is 9.73 Å². The van der Waals surface area contributed by atoms with Crippen molar-refractivity contribution in [3.63, 3.8) is 0 Å². The summed E-state index contributed by atoms with van der Waals surface area (Å²) < 4.78 is 5.67. The molecular formula is C23H28N2O. The molecule has 26 heavy (non-hydrogen) atoms. The van der Waals surface area contributed by atoms with Crippen LogP contribution in [0, 0.1) is 13.8 Å². The maximum atomic E-state index is 5.67. The number of allylic oxidation sites excluding steroid dienone is 1. The molecule has 2 aromatic carbocycles. The lowest BCUT2D eigenvalue weighted by Gasteiger charge is -2.40. The summed E-state index contributed by atoms with van der Waals surface area (Å²) in [6.07, 6.45) is 4.22. The Bertz CT molecular complexity index is 907. The molecule has 0 saturated heterocycles. The zero-order valence-corrected chi connectivity index (χ0v) is 16.8. The van der Waals surface area contributed by atoms with Gasteiger partial charge in [0.2, 0.25) is 0 Å². The lowest BCUT2D eigenvalue weighted by molar-refractivity contribution is 0.414. The van der Waals surface area contributed by atoms with Gasteiger partial charge < -0.3 is 9.64 Å². The van der Waals surface area contributed by atoms with E-state index < -0.39 is 0 Å². The minimum Gasteiger partial charge on any atom is -0.496 e. The van der Waals surface area contributed by atoms with Gasteiger partial charge in [-0.2, -0.15) is 0 Å². The second kappa shape index (κ2) is 6.64. The molecule has 0 saturated carbocycles. The Labute approximate surface area is 157 Å². The smallest absolute Gasteiger partial charge is 0.129 e. The van der Waals surface area contributed by atoms with Crippen molar-refractivity contribution in [3.8, 4) is 5.75 Å². The maximum absolute atomic E-state index is 5.67. The summed E-state index contributed by atoms with van der Waals surface area (Å²) in [5, 5.41) is 0. The van der Waals surface area contributed by atoms with E-state index in [0.29, 0.717) is 0 Å². The van der Waals surface area contributed by atoms with Gasteiger partial charge >= 0.3 is 0 Å². The summed E-state index contributed by atoms with van der Waals surface area (Å²) in [5.41, 5.74) is 8.06. The number of methoxy groups -OCH3 is 1. The van der Waals surface area contributed by atoms with E-state index in [1.165, 1.54) is 28.0 Å². The summed E-state index contributed by atoms with van der Waals surface area (Å²) in [4.78, 5) is 7.02. The minimum absolute atomic E-state index is 0.0175. The lowest BCUT2D eigenvalue weighted by atomic mass is 9.88. The fourth-order valence-corrected chi connectivity index (χ4v) is 3.47. The molecule has 0 unspecified atom stereocenters. The second-order valence-corrected chi connectivity index (χ2v) is 7.70. The average Bonchev–Trinajstić information content (AvgIpc) is 2.59. The van der Waals surface area contributed by atoms with Gasteiger partial charge in [0.25, 0.3) is 0 Å². The van der Waals surface area contributed by atoms with Crippen molar-refractivity contribution in [3.05, 3.63) is 58.7 Å². The third-order valence-corrected chi connectivity index (χ3v) is 5.28. The standard InChI is InChI=1S/C23H28N2O/c1-15-8-9-16(2)20(10-15)24-14-18-11-19-17(3)13-23(4,5)25(6)21(19)12-22(18)26-7/h8-14H,1-7H3. The van der Waals surface area contributed by atoms with E-state index in [-0.39, 0.29) is 5.54 Å². The van der Waals surface area contributed by atoms with Gasteiger partial charge in [-0.3, -0.25) is 4.99 Å². The highest BCUT2D eigenvalue weighted by Crippen LogP contribution is 2.41. The van der Waals surface area contributed by atoms with Crippen molar-refractivity contribution < 1.29 is 4.74 Å². The normalized spacial score (nSPS) is 15.8. The molecular weight excluding hydrogens is 320 g/mol. The fourth-order valence-electron chi connectivity index (χ4n) is 3.47. The van der Waals surface area contributed by atoms with E-state index in [9.17, 15) is 0 Å². The van der Waals surface area contributed by atoms with Crippen molar-refractivity contribution in [1.82, 2.24) is 0 Å². The van der Waals surface area contributed by atoms with Crippen molar-refractivity contribution in [2.24, 2.45) is 4.99 Å². The first-order valence-corrected chi connectivity index (χ1v) is 9.00. The number of rotatable bonds is 3. The Morgan fingerprint density at radius 3 is 2.50 bits per heavy atom. The number of hydrogen-bond acceptors (Lipinski definition) is 3. The van der Waals surface area contributed by atoms with Crippen LogP contribution < -0.4 is 9.64 Å². The Balaban J connectivity index is 2.08. The SMILES string of the molecule is COc1cc2c(cc1C=Nc1cc(C)ccc1C)C(C)=CC(C)(C)N2C. The average molecular weight is 348 g/mol. The quantitative estimate of drug-likeness (QED) is 0.665. The van der Waals surface area contributed by atoms with Gasteiger partial charge in [-0.05, 0) is 63.5 Å². The van der Waals surface area contributed by atoms with Gasteiger partial charge in [0, 0.05) is 36.1 Å². The molecule has 2 aromatic rings. The highest BCUT2D eigenvalue weighted by atomic mass is 16.5. The summed E-state index contributed by atoms with van der Waals surface area (Å²) >= 11 is 0. The second-order valence-electron chi connectivity index (χ2n) is 7.70. The molecule has 136 valence electrons. The highest BCUT2D eigenvalue weighted by molar-refractivity contribution is 5.92. The first-order chi connectivity index (χ1) is 12.2. The first kappa shape index (κ1) is 18.2. The van der Waals surface area contributed by atoms with E-state index >= 15 is 0 Å². The molecule has 0 fully saturated rings. The van der Waals surface area contributed by atoms with Crippen LogP contribution in [-0.2, 0) is 0 Å². The molecule has 1 heterocycles. The predicted molar refractivity (Wildman–Crippen MR) is 112 cm³/mol. The summed E-state index contributed by atoms with van der Waals surface area (Å²) in [5.74, 6) is 0.843. The van der Waals surface area contributed by atoms with Gasteiger partial charge in [-0.1, -0.05) is 18.2 Å². The van der Waals surface area contributed by atoms with Crippen LogP contribution in [0.4, 0.5) is 11.4 Å². The topological polar surface area (TPSA) is 24.8 Å². The third kappa shape index (κ3) is 3.26. The van der Waals surface area contributed by atoms with E-state index in [0.717, 1.165) is 17.0 Å². The molecule has 3 heteroatoms. The number of anilines is 1. The van der Waals surface area contributed by atoms with E-state index in [1.807, 2.05) is 6.21 Å². The third-order valence-electron chi connectivity index (χ3n) is 5.28. The molecule has 1 aliphatic rings. The number of likely N-dealkylation sites (N-methyl/N-ethyl adjacent to an activating group) is 1. The molecule has 0 aliphatic carbocycles. The number of fused-ring (bicyclic) bond motifs is 1. The van der Waals surface area contributed by atoms with Gasteiger partial charge in [-0.25, -0.2) is 0 Å². The van der Waals surface area contributed by atoms with Gasteiger partial charge in [-0.15, -0.1) is 0 Å². The molecule has 1 aliphatic heterocycles. The molecule has 0 radical (unpaired) electrons. The van der Waals surface area contributed by atoms with Gasteiger partial charge in [0.1, 0.15) is 5.75 Å². The van der Waals surface area contributed by atoms with E-state index in [1.54, 1.807) is 7.11 Å². The number of nitrogens with zero attached hydrogens (tertiary/aromatic N) is 2. The van der Waals surface area contributed by atoms with Crippen molar-refractivity contribution >= 4 is 23.2 Å².